The molecule has 5 heteroatoms. The molecular weight excluding hydrogens is 318 g/mol. The molecule has 0 atom stereocenters. The highest BCUT2D eigenvalue weighted by Gasteiger charge is 2.22. The number of hydrogen-bond acceptors (Lipinski definition) is 3. The molecular formula is C19H17N3OS. The molecule has 120 valence electrons. The summed E-state index contributed by atoms with van der Waals surface area (Å²) in [5.74, 6) is 0.809. The Hall–Kier alpha value is -2.66. The Balaban J connectivity index is 1.87. The third-order valence-electron chi connectivity index (χ3n) is 4.34. The van der Waals surface area contributed by atoms with Crippen molar-refractivity contribution in [3.05, 3.63) is 70.0 Å². The van der Waals surface area contributed by atoms with Gasteiger partial charge in [-0.05, 0) is 25.1 Å². The molecule has 0 spiro atoms. The lowest BCUT2D eigenvalue weighted by molar-refractivity contribution is 0.780. The van der Waals surface area contributed by atoms with Crippen molar-refractivity contribution in [1.82, 2.24) is 4.57 Å². The first-order chi connectivity index (χ1) is 11.6. The number of rotatable bonds is 2. The second kappa shape index (κ2) is 5.76. The van der Waals surface area contributed by atoms with Crippen LogP contribution in [0.4, 0.5) is 11.5 Å². The molecule has 4 nitrogen and oxygen atoms in total. The molecule has 3 aromatic rings. The highest BCUT2D eigenvalue weighted by molar-refractivity contribution is 7.81. The molecule has 0 saturated heterocycles. The quantitative estimate of drug-likeness (QED) is 0.704. The number of hydrogen-bond donors (Lipinski definition) is 2. The number of aryl methyl sites for hydroxylation is 1. The van der Waals surface area contributed by atoms with E-state index in [9.17, 15) is 4.79 Å². The van der Waals surface area contributed by atoms with Crippen LogP contribution >= 0.6 is 12.2 Å². The van der Waals surface area contributed by atoms with Crippen LogP contribution in [0.2, 0.25) is 0 Å². The molecule has 1 aliphatic heterocycles. The fourth-order valence-corrected chi connectivity index (χ4v) is 3.47. The number of anilines is 2. The summed E-state index contributed by atoms with van der Waals surface area (Å²) in [6.45, 7) is 3.46. The maximum absolute atomic E-state index is 12.7. The Morgan fingerprint density at radius 3 is 2.58 bits per heavy atom. The van der Waals surface area contributed by atoms with Crippen LogP contribution < -0.4 is 16.2 Å². The molecule has 0 radical (unpaired) electrons. The normalized spacial score (nSPS) is 12.7. The number of nitrogens with one attached hydrogen (secondary N) is 2. The Morgan fingerprint density at radius 1 is 1.12 bits per heavy atom. The SMILES string of the molecule is Cc1ccc(NC(=S)c2c3n(c(=O)c4ccccc24)CCN3)cc1. The monoisotopic (exact) mass is 335 g/mol. The van der Waals surface area contributed by atoms with E-state index < -0.39 is 0 Å². The molecule has 2 heterocycles. The minimum atomic E-state index is 0.0347. The first kappa shape index (κ1) is 14.9. The lowest BCUT2D eigenvalue weighted by atomic mass is 10.1. The van der Waals surface area contributed by atoms with E-state index in [-0.39, 0.29) is 5.56 Å². The van der Waals surface area contributed by atoms with Crippen LogP contribution in [0.1, 0.15) is 11.1 Å². The second-order valence-corrected chi connectivity index (χ2v) is 6.38. The minimum Gasteiger partial charge on any atom is -0.369 e. The zero-order valence-corrected chi connectivity index (χ0v) is 14.1. The van der Waals surface area contributed by atoms with E-state index in [2.05, 4.69) is 17.6 Å². The third kappa shape index (κ3) is 2.37. The largest absolute Gasteiger partial charge is 0.369 e. The highest BCUT2D eigenvalue weighted by atomic mass is 32.1. The van der Waals surface area contributed by atoms with Crippen LogP contribution in [0.3, 0.4) is 0 Å². The van der Waals surface area contributed by atoms with Crippen LogP contribution in [-0.4, -0.2) is 16.1 Å². The van der Waals surface area contributed by atoms with E-state index in [0.717, 1.165) is 29.0 Å². The van der Waals surface area contributed by atoms with Gasteiger partial charge in [-0.25, -0.2) is 0 Å². The van der Waals surface area contributed by atoms with Crippen molar-refractivity contribution in [3.63, 3.8) is 0 Å². The van der Waals surface area contributed by atoms with E-state index in [0.29, 0.717) is 16.9 Å². The molecule has 0 unspecified atom stereocenters. The van der Waals surface area contributed by atoms with E-state index in [1.165, 1.54) is 5.56 Å². The Morgan fingerprint density at radius 2 is 1.83 bits per heavy atom. The summed E-state index contributed by atoms with van der Waals surface area (Å²) in [7, 11) is 0. The zero-order valence-electron chi connectivity index (χ0n) is 13.3. The first-order valence-corrected chi connectivity index (χ1v) is 8.33. The van der Waals surface area contributed by atoms with Gasteiger partial charge in [-0.1, -0.05) is 48.1 Å². The molecule has 4 rings (SSSR count). The van der Waals surface area contributed by atoms with Crippen molar-refractivity contribution in [1.29, 1.82) is 0 Å². The van der Waals surface area contributed by atoms with E-state index in [1.807, 2.05) is 48.5 Å². The van der Waals surface area contributed by atoms with Crippen molar-refractivity contribution >= 4 is 39.5 Å². The number of nitrogens with zero attached hydrogens (tertiary/aromatic N) is 1. The van der Waals surface area contributed by atoms with Crippen molar-refractivity contribution in [2.45, 2.75) is 13.5 Å². The Kier molecular flexibility index (Phi) is 3.58. The van der Waals surface area contributed by atoms with Gasteiger partial charge in [-0.15, -0.1) is 0 Å². The zero-order chi connectivity index (χ0) is 16.7. The molecule has 0 aliphatic carbocycles. The number of fused-ring (bicyclic) bond motifs is 2. The topological polar surface area (TPSA) is 46.1 Å². The molecule has 0 bridgehead atoms. The maximum atomic E-state index is 12.7. The highest BCUT2D eigenvalue weighted by Crippen LogP contribution is 2.27. The molecule has 0 saturated carbocycles. The van der Waals surface area contributed by atoms with Gasteiger partial charge in [0.1, 0.15) is 10.8 Å². The number of thiocarbonyl (C=S) groups is 1. The Labute approximate surface area is 145 Å². The van der Waals surface area contributed by atoms with Crippen molar-refractivity contribution in [3.8, 4) is 0 Å². The standard InChI is InChI=1S/C19H17N3OS/c1-12-6-8-13(9-7-12)21-18(24)16-14-4-2-3-5-15(14)19(23)22-11-10-20-17(16)22/h2-9,20H,10-11H2,1H3,(H,21,24). The summed E-state index contributed by atoms with van der Waals surface area (Å²) in [6, 6.07) is 15.7. The van der Waals surface area contributed by atoms with Crippen LogP contribution in [-0.2, 0) is 6.54 Å². The number of pyridine rings is 1. The Bertz CT molecular complexity index is 1010. The number of aromatic nitrogens is 1. The summed E-state index contributed by atoms with van der Waals surface area (Å²) in [6.07, 6.45) is 0. The second-order valence-electron chi connectivity index (χ2n) is 5.97. The van der Waals surface area contributed by atoms with Crippen LogP contribution in [0.25, 0.3) is 10.8 Å². The lowest BCUT2D eigenvalue weighted by Gasteiger charge is -2.16. The average molecular weight is 335 g/mol. The maximum Gasteiger partial charge on any atom is 0.260 e. The molecule has 1 aromatic heterocycles. The summed E-state index contributed by atoms with van der Waals surface area (Å²) < 4.78 is 1.78. The lowest BCUT2D eigenvalue weighted by Crippen LogP contribution is -2.22. The van der Waals surface area contributed by atoms with E-state index in [4.69, 9.17) is 12.2 Å². The molecule has 1 aliphatic rings. The van der Waals surface area contributed by atoms with Gasteiger partial charge in [0, 0.05) is 29.5 Å². The van der Waals surface area contributed by atoms with Crippen LogP contribution in [0, 0.1) is 6.92 Å². The van der Waals surface area contributed by atoms with Gasteiger partial charge in [0.2, 0.25) is 0 Å². The van der Waals surface area contributed by atoms with Gasteiger partial charge in [0.05, 0.1) is 5.56 Å². The van der Waals surface area contributed by atoms with Crippen molar-refractivity contribution in [2.24, 2.45) is 0 Å². The van der Waals surface area contributed by atoms with Gasteiger partial charge >= 0.3 is 0 Å². The molecule has 2 aromatic carbocycles. The van der Waals surface area contributed by atoms with E-state index in [1.54, 1.807) is 4.57 Å². The predicted molar refractivity (Wildman–Crippen MR) is 103 cm³/mol. The van der Waals surface area contributed by atoms with Gasteiger partial charge in [0.25, 0.3) is 5.56 Å². The van der Waals surface area contributed by atoms with Gasteiger partial charge in [-0.3, -0.25) is 9.36 Å². The van der Waals surface area contributed by atoms with Gasteiger partial charge in [-0.2, -0.15) is 0 Å². The van der Waals surface area contributed by atoms with Gasteiger partial charge in [0.15, 0.2) is 0 Å². The van der Waals surface area contributed by atoms with Crippen LogP contribution in [0.5, 0.6) is 0 Å². The summed E-state index contributed by atoms with van der Waals surface area (Å²) in [4.78, 5) is 13.3. The molecule has 0 amide bonds. The van der Waals surface area contributed by atoms with Crippen molar-refractivity contribution in [2.75, 3.05) is 17.2 Å². The fraction of sp³-hybridized carbons (Fsp3) is 0.158. The molecule has 2 N–H and O–H groups in total. The fourth-order valence-electron chi connectivity index (χ4n) is 3.14. The van der Waals surface area contributed by atoms with E-state index >= 15 is 0 Å². The molecule has 24 heavy (non-hydrogen) atoms. The number of benzene rings is 2. The summed E-state index contributed by atoms with van der Waals surface area (Å²) in [5, 5.41) is 8.20. The smallest absolute Gasteiger partial charge is 0.260 e. The minimum absolute atomic E-state index is 0.0347. The van der Waals surface area contributed by atoms with Crippen LogP contribution in [0.15, 0.2) is 53.3 Å². The van der Waals surface area contributed by atoms with Gasteiger partial charge < -0.3 is 10.6 Å². The third-order valence-corrected chi connectivity index (χ3v) is 4.65. The summed E-state index contributed by atoms with van der Waals surface area (Å²) in [5.41, 5.74) is 3.06. The molecule has 0 fully saturated rings. The first-order valence-electron chi connectivity index (χ1n) is 7.92. The summed E-state index contributed by atoms with van der Waals surface area (Å²) >= 11 is 5.68. The van der Waals surface area contributed by atoms with Crippen molar-refractivity contribution < 1.29 is 0 Å². The average Bonchev–Trinajstić information content (AvgIpc) is 3.07. The predicted octanol–water partition coefficient (Wildman–Crippen LogP) is 3.52.